The van der Waals surface area contributed by atoms with E-state index in [0.29, 0.717) is 17.8 Å². The number of hydrogen-bond donors (Lipinski definition) is 0. The summed E-state index contributed by atoms with van der Waals surface area (Å²) in [4.78, 5) is 21.6. The molecule has 1 aromatic carbocycles. The van der Waals surface area contributed by atoms with E-state index in [2.05, 4.69) is 40.9 Å². The van der Waals surface area contributed by atoms with E-state index in [1.807, 2.05) is 18.3 Å². The lowest BCUT2D eigenvalue weighted by Crippen LogP contribution is -2.51. The molecular formula is C24H33N3O2. The highest BCUT2D eigenvalue weighted by Crippen LogP contribution is 2.38. The molecule has 4 rings (SSSR count). The van der Waals surface area contributed by atoms with Gasteiger partial charge in [0.2, 0.25) is 0 Å². The highest BCUT2D eigenvalue weighted by atomic mass is 16.5. The van der Waals surface area contributed by atoms with Crippen molar-refractivity contribution in [3.05, 3.63) is 36.0 Å². The number of carbonyl (C=O) groups excluding carboxylic acids is 1. The maximum Gasteiger partial charge on any atom is 0.145 e. The second kappa shape index (κ2) is 8.80. The Hall–Kier alpha value is -1.98. The fourth-order valence-electron chi connectivity index (χ4n) is 5.42. The van der Waals surface area contributed by atoms with Crippen LogP contribution < -0.4 is 4.74 Å². The number of fused-ring (bicyclic) bond motifs is 1. The summed E-state index contributed by atoms with van der Waals surface area (Å²) in [6.45, 7) is 6.46. The number of piperidine rings is 2. The van der Waals surface area contributed by atoms with Crippen molar-refractivity contribution in [1.29, 1.82) is 0 Å². The first kappa shape index (κ1) is 20.3. The van der Waals surface area contributed by atoms with E-state index in [1.54, 1.807) is 7.11 Å². The van der Waals surface area contributed by atoms with Gasteiger partial charge in [0.05, 0.1) is 13.2 Å². The molecule has 0 aliphatic carbocycles. The zero-order valence-corrected chi connectivity index (χ0v) is 17.9. The van der Waals surface area contributed by atoms with E-state index in [9.17, 15) is 4.79 Å². The minimum atomic E-state index is 0.0385. The van der Waals surface area contributed by atoms with Crippen LogP contribution in [0.4, 0.5) is 0 Å². The molecule has 2 aromatic rings. The lowest BCUT2D eigenvalue weighted by atomic mass is 9.81. The maximum absolute atomic E-state index is 12.1. The van der Waals surface area contributed by atoms with Gasteiger partial charge in [-0.3, -0.25) is 9.88 Å². The van der Waals surface area contributed by atoms with Gasteiger partial charge < -0.3 is 14.4 Å². The van der Waals surface area contributed by atoms with Crippen LogP contribution in [-0.4, -0.2) is 67.4 Å². The molecule has 0 saturated carbocycles. The van der Waals surface area contributed by atoms with Gasteiger partial charge in [0.1, 0.15) is 17.6 Å². The van der Waals surface area contributed by atoms with Crippen molar-refractivity contribution in [3.8, 4) is 5.75 Å². The molecule has 3 atom stereocenters. The van der Waals surface area contributed by atoms with Crippen LogP contribution in [0.25, 0.3) is 10.9 Å². The zero-order chi connectivity index (χ0) is 20.4. The van der Waals surface area contributed by atoms with Crippen molar-refractivity contribution in [2.24, 2.45) is 11.8 Å². The van der Waals surface area contributed by atoms with Crippen LogP contribution in [0, 0.1) is 11.8 Å². The third kappa shape index (κ3) is 4.17. The molecule has 5 nitrogen and oxygen atoms in total. The molecule has 5 heteroatoms. The van der Waals surface area contributed by atoms with E-state index in [4.69, 9.17) is 4.74 Å². The summed E-state index contributed by atoms with van der Waals surface area (Å²) >= 11 is 0. The van der Waals surface area contributed by atoms with Crippen LogP contribution in [0.3, 0.4) is 0 Å². The number of aromatic nitrogens is 1. The zero-order valence-electron chi connectivity index (χ0n) is 17.9. The van der Waals surface area contributed by atoms with E-state index in [-0.39, 0.29) is 6.04 Å². The van der Waals surface area contributed by atoms with Gasteiger partial charge in [-0.1, -0.05) is 19.1 Å². The molecule has 29 heavy (non-hydrogen) atoms. The minimum absolute atomic E-state index is 0.0385. The number of ether oxygens (including phenoxy) is 1. The molecule has 2 aliphatic heterocycles. The molecule has 2 fully saturated rings. The molecule has 2 saturated heterocycles. The van der Waals surface area contributed by atoms with E-state index >= 15 is 0 Å². The summed E-state index contributed by atoms with van der Waals surface area (Å²) in [6, 6.07) is 8.44. The van der Waals surface area contributed by atoms with Crippen LogP contribution in [0.15, 0.2) is 30.5 Å². The third-order valence-corrected chi connectivity index (χ3v) is 6.92. The largest absolute Gasteiger partial charge is 0.494 e. The van der Waals surface area contributed by atoms with Gasteiger partial charge in [0.15, 0.2) is 0 Å². The predicted molar refractivity (Wildman–Crippen MR) is 116 cm³/mol. The summed E-state index contributed by atoms with van der Waals surface area (Å²) in [5.74, 6) is 2.27. The van der Waals surface area contributed by atoms with Gasteiger partial charge in [-0.15, -0.1) is 0 Å². The second-order valence-electron chi connectivity index (χ2n) is 9.02. The molecule has 1 aromatic heterocycles. The fraction of sp³-hybridized carbons (Fsp3) is 0.583. The molecule has 2 aliphatic rings. The van der Waals surface area contributed by atoms with Crippen LogP contribution in [0.1, 0.15) is 37.7 Å². The van der Waals surface area contributed by atoms with Crippen LogP contribution in [-0.2, 0) is 4.79 Å². The van der Waals surface area contributed by atoms with Gasteiger partial charge in [-0.05, 0) is 74.8 Å². The van der Waals surface area contributed by atoms with Crippen LogP contribution in [0.5, 0.6) is 5.75 Å². The molecule has 156 valence electrons. The first-order valence-electron chi connectivity index (χ1n) is 10.9. The van der Waals surface area contributed by atoms with Crippen molar-refractivity contribution in [3.63, 3.8) is 0 Å². The van der Waals surface area contributed by atoms with E-state index < -0.39 is 0 Å². The average molecular weight is 396 g/mol. The molecule has 0 N–H and O–H groups in total. The van der Waals surface area contributed by atoms with Gasteiger partial charge >= 0.3 is 0 Å². The molecule has 1 unspecified atom stereocenters. The Labute approximate surface area is 174 Å². The summed E-state index contributed by atoms with van der Waals surface area (Å²) < 4.78 is 5.53. The molecule has 0 bridgehead atoms. The Morgan fingerprint density at radius 2 is 2.00 bits per heavy atom. The number of pyridine rings is 1. The summed E-state index contributed by atoms with van der Waals surface area (Å²) in [6.07, 6.45) is 6.42. The fourth-order valence-corrected chi connectivity index (χ4v) is 5.42. The number of nitrogens with zero attached hydrogens (tertiary/aromatic N) is 3. The molecule has 0 radical (unpaired) electrons. The first-order valence-corrected chi connectivity index (χ1v) is 10.9. The summed E-state index contributed by atoms with van der Waals surface area (Å²) in [7, 11) is 3.87. The number of likely N-dealkylation sites (tertiary alicyclic amines) is 2. The predicted octanol–water partition coefficient (Wildman–Crippen LogP) is 3.58. The summed E-state index contributed by atoms with van der Waals surface area (Å²) in [5, 5.41) is 1.17. The number of benzene rings is 1. The van der Waals surface area contributed by atoms with Crippen molar-refractivity contribution in [2.45, 2.75) is 38.1 Å². The number of carbonyl (C=O) groups is 1. The highest BCUT2D eigenvalue weighted by Gasteiger charge is 2.35. The van der Waals surface area contributed by atoms with Crippen LogP contribution in [0.2, 0.25) is 0 Å². The summed E-state index contributed by atoms with van der Waals surface area (Å²) in [5.41, 5.74) is 2.26. The monoisotopic (exact) mass is 395 g/mol. The van der Waals surface area contributed by atoms with Crippen molar-refractivity contribution in [1.82, 2.24) is 14.8 Å². The average Bonchev–Trinajstić information content (AvgIpc) is 2.74. The normalized spacial score (nSPS) is 25.8. The lowest BCUT2D eigenvalue weighted by molar-refractivity contribution is -0.116. The maximum atomic E-state index is 12.1. The Balaban J connectivity index is 1.61. The van der Waals surface area contributed by atoms with Gasteiger partial charge in [0.25, 0.3) is 0 Å². The topological polar surface area (TPSA) is 45.7 Å². The second-order valence-corrected chi connectivity index (χ2v) is 9.02. The first-order chi connectivity index (χ1) is 14.1. The van der Waals surface area contributed by atoms with E-state index in [0.717, 1.165) is 56.7 Å². The number of hydrogen-bond acceptors (Lipinski definition) is 5. The molecule has 0 amide bonds. The van der Waals surface area contributed by atoms with Gasteiger partial charge in [-0.25, -0.2) is 0 Å². The Kier molecular flexibility index (Phi) is 6.16. The number of aldehydes is 1. The minimum Gasteiger partial charge on any atom is -0.494 e. The standard InChI is InChI=1S/C24H33N3O2/c1-17-13-19(20-6-7-23(29-3)24-21(20)5-4-10-25-24)15-27(14-17)22(16-28)18-8-11-26(2)12-9-18/h4-7,10,16-19,22H,8-9,11-15H2,1-3H3/t17-,19+,22?/m1/s1. The van der Waals surface area contributed by atoms with Gasteiger partial charge in [-0.2, -0.15) is 0 Å². The SMILES string of the molecule is COc1ccc([C@H]2C[C@@H](C)CN(C(C=O)C3CCN(C)CC3)C2)c2cccnc12. The molecule has 0 spiro atoms. The molecule has 3 heterocycles. The number of methoxy groups -OCH3 is 1. The smallest absolute Gasteiger partial charge is 0.145 e. The van der Waals surface area contributed by atoms with E-state index in [1.165, 1.54) is 17.2 Å². The lowest BCUT2D eigenvalue weighted by Gasteiger charge is -2.43. The third-order valence-electron chi connectivity index (χ3n) is 6.92. The Bertz CT molecular complexity index is 847. The van der Waals surface area contributed by atoms with Crippen molar-refractivity contribution in [2.75, 3.05) is 40.3 Å². The Morgan fingerprint density at radius 3 is 2.72 bits per heavy atom. The number of rotatable bonds is 5. The quantitative estimate of drug-likeness (QED) is 0.724. The van der Waals surface area contributed by atoms with Crippen LogP contribution >= 0.6 is 0 Å². The van der Waals surface area contributed by atoms with Gasteiger partial charge in [0, 0.05) is 24.7 Å². The van der Waals surface area contributed by atoms with Crippen molar-refractivity contribution < 1.29 is 9.53 Å². The Morgan fingerprint density at radius 1 is 1.21 bits per heavy atom. The highest BCUT2D eigenvalue weighted by molar-refractivity contribution is 5.88. The van der Waals surface area contributed by atoms with Crippen molar-refractivity contribution >= 4 is 17.2 Å². The molecular weight excluding hydrogens is 362 g/mol.